The van der Waals surface area contributed by atoms with Crippen LogP contribution in [0.1, 0.15) is 33.4 Å². The van der Waals surface area contributed by atoms with Crippen LogP contribution in [0.2, 0.25) is 0 Å². The van der Waals surface area contributed by atoms with Crippen LogP contribution in [-0.2, 0) is 0 Å². The molecule has 0 spiro atoms. The highest BCUT2D eigenvalue weighted by molar-refractivity contribution is 5.79. The van der Waals surface area contributed by atoms with Crippen molar-refractivity contribution in [2.24, 2.45) is 0 Å². The number of hydrogen-bond acceptors (Lipinski definition) is 9. The highest BCUT2D eigenvalue weighted by atomic mass is 19.1. The number of ether oxygens (including phenoxy) is 6. The first-order valence-corrected chi connectivity index (χ1v) is 21.7. The summed E-state index contributed by atoms with van der Waals surface area (Å²) < 4.78 is 112. The van der Waals surface area contributed by atoms with E-state index in [0.717, 1.165) is 33.4 Å². The van der Waals surface area contributed by atoms with Gasteiger partial charge in [0, 0.05) is 0 Å². The maximum absolute atomic E-state index is 17.3. The Labute approximate surface area is 395 Å². The quantitative estimate of drug-likeness (QED) is 0.0988. The Hall–Kier alpha value is -8.58. The number of benzene rings is 8. The second-order valence-corrected chi connectivity index (χ2v) is 16.4. The SMILES string of the molecule is Cc1ccc(Oc2c(F)c(Oc3ccc(C)cc3)c(-c3nnc(-c4c(Oc5ccc(C)cc5)c(F)c(Oc5ccc(C)cc5)c(F)c4Oc4ccc(C)cc4)o3)c(Oc3ccc(C)cc3)c2F)cc1. The highest BCUT2D eigenvalue weighted by Crippen LogP contribution is 2.54. The summed E-state index contributed by atoms with van der Waals surface area (Å²) in [6, 6.07) is 39.6. The molecule has 0 saturated carbocycles. The van der Waals surface area contributed by atoms with Gasteiger partial charge in [-0.2, -0.15) is 17.6 Å². The zero-order valence-corrected chi connectivity index (χ0v) is 38.1. The van der Waals surface area contributed by atoms with E-state index < -0.39 is 80.7 Å². The number of rotatable bonds is 14. The Bertz CT molecular complexity index is 2920. The summed E-state index contributed by atoms with van der Waals surface area (Å²) in [6.45, 7) is 11.1. The third kappa shape index (κ3) is 9.94. The minimum Gasteiger partial charge on any atom is -0.453 e. The van der Waals surface area contributed by atoms with Gasteiger partial charge in [0.25, 0.3) is 11.8 Å². The maximum atomic E-state index is 17.3. The van der Waals surface area contributed by atoms with Crippen LogP contribution < -0.4 is 28.4 Å². The van der Waals surface area contributed by atoms with Gasteiger partial charge in [-0.15, -0.1) is 10.2 Å². The predicted octanol–water partition coefficient (Wildman–Crippen LogP) is 16.6. The van der Waals surface area contributed by atoms with Crippen LogP contribution in [0, 0.1) is 64.8 Å². The van der Waals surface area contributed by atoms with Crippen molar-refractivity contribution in [3.63, 3.8) is 0 Å². The standard InChI is InChI=1S/C56H42F4N2O7/c1-31-7-19-37(20-8-31)63-49-43(50(64-38-21-9-32(2)10-22-38)46(58)53(45(49)57)67-41-27-15-35(5)16-28-41)55-61-62-56(69-55)44-51(65-39-23-11-33(3)12-24-39)47(59)54(68-42-29-17-36(6)18-30-42)48(60)52(44)66-40-25-13-34(4)14-26-40/h7-30H,1-6H3. The van der Waals surface area contributed by atoms with Gasteiger partial charge in [-0.25, -0.2) is 0 Å². The number of aryl methyl sites for hydroxylation is 6. The summed E-state index contributed by atoms with van der Waals surface area (Å²) in [5.74, 6) is -10.0. The molecular weight excluding hydrogens is 889 g/mol. The molecule has 0 atom stereocenters. The van der Waals surface area contributed by atoms with Gasteiger partial charge in [0.2, 0.25) is 34.8 Å². The fourth-order valence-electron chi connectivity index (χ4n) is 6.97. The molecular formula is C56H42F4N2O7. The lowest BCUT2D eigenvalue weighted by Crippen LogP contribution is -2.04. The summed E-state index contributed by atoms with van der Waals surface area (Å²) in [5, 5.41) is 8.48. The molecule has 0 aliphatic heterocycles. The Morgan fingerprint density at radius 2 is 0.449 bits per heavy atom. The molecule has 0 bridgehead atoms. The lowest BCUT2D eigenvalue weighted by atomic mass is 10.1. The third-order valence-corrected chi connectivity index (χ3v) is 10.8. The molecule has 0 saturated heterocycles. The van der Waals surface area contributed by atoms with Crippen molar-refractivity contribution in [3.8, 4) is 91.9 Å². The first-order valence-electron chi connectivity index (χ1n) is 21.7. The van der Waals surface area contributed by atoms with Gasteiger partial charge < -0.3 is 32.8 Å². The topological polar surface area (TPSA) is 94.3 Å². The van der Waals surface area contributed by atoms with Gasteiger partial charge in [0.05, 0.1) is 0 Å². The van der Waals surface area contributed by atoms with E-state index in [4.69, 9.17) is 32.8 Å². The van der Waals surface area contributed by atoms with E-state index >= 15 is 17.6 Å². The van der Waals surface area contributed by atoms with Crippen LogP contribution in [0.15, 0.2) is 150 Å². The van der Waals surface area contributed by atoms with Crippen LogP contribution >= 0.6 is 0 Å². The largest absolute Gasteiger partial charge is 0.453 e. The Morgan fingerprint density at radius 1 is 0.275 bits per heavy atom. The molecule has 9 aromatic rings. The van der Waals surface area contributed by atoms with Gasteiger partial charge in [0.15, 0.2) is 23.0 Å². The van der Waals surface area contributed by atoms with E-state index in [1.165, 1.54) is 0 Å². The van der Waals surface area contributed by atoms with Crippen LogP contribution in [0.3, 0.4) is 0 Å². The van der Waals surface area contributed by atoms with Crippen molar-refractivity contribution in [2.75, 3.05) is 0 Å². The van der Waals surface area contributed by atoms with Crippen molar-refractivity contribution in [3.05, 3.63) is 202 Å². The molecule has 9 nitrogen and oxygen atoms in total. The maximum Gasteiger partial charge on any atom is 0.255 e. The molecule has 8 aromatic carbocycles. The van der Waals surface area contributed by atoms with E-state index in [9.17, 15) is 0 Å². The van der Waals surface area contributed by atoms with Gasteiger partial charge >= 0.3 is 0 Å². The van der Waals surface area contributed by atoms with E-state index in [1.54, 1.807) is 146 Å². The second-order valence-electron chi connectivity index (χ2n) is 16.4. The molecule has 0 fully saturated rings. The van der Waals surface area contributed by atoms with Crippen molar-refractivity contribution in [1.82, 2.24) is 10.2 Å². The molecule has 1 aromatic heterocycles. The van der Waals surface area contributed by atoms with Crippen LogP contribution in [0.25, 0.3) is 22.9 Å². The fraction of sp³-hybridized carbons (Fsp3) is 0.107. The first-order chi connectivity index (χ1) is 33.3. The monoisotopic (exact) mass is 930 g/mol. The van der Waals surface area contributed by atoms with Gasteiger partial charge in [0.1, 0.15) is 45.6 Å². The second kappa shape index (κ2) is 19.3. The lowest BCUT2D eigenvalue weighted by molar-refractivity contribution is 0.357. The molecule has 0 amide bonds. The minimum absolute atomic E-state index is 0.106. The summed E-state index contributed by atoms with van der Waals surface area (Å²) in [4.78, 5) is 0. The lowest BCUT2D eigenvalue weighted by Gasteiger charge is -2.20. The van der Waals surface area contributed by atoms with Crippen molar-refractivity contribution in [2.45, 2.75) is 41.5 Å². The molecule has 69 heavy (non-hydrogen) atoms. The Kier molecular flexibility index (Phi) is 12.8. The molecule has 0 aliphatic rings. The number of halogens is 4. The fourth-order valence-corrected chi connectivity index (χ4v) is 6.97. The molecule has 1 heterocycles. The third-order valence-electron chi connectivity index (χ3n) is 10.8. The zero-order chi connectivity index (χ0) is 48.3. The minimum atomic E-state index is -1.30. The summed E-state index contributed by atoms with van der Waals surface area (Å²) in [6.07, 6.45) is 0. The zero-order valence-electron chi connectivity index (χ0n) is 38.1. The molecule has 0 N–H and O–H groups in total. The van der Waals surface area contributed by atoms with E-state index in [-0.39, 0.29) is 34.5 Å². The normalized spacial score (nSPS) is 11.0. The molecule has 0 radical (unpaired) electrons. The molecule has 346 valence electrons. The number of aromatic nitrogens is 2. The molecule has 9 rings (SSSR count). The van der Waals surface area contributed by atoms with Crippen molar-refractivity contribution < 1.29 is 50.4 Å². The molecule has 13 heteroatoms. The van der Waals surface area contributed by atoms with Crippen molar-refractivity contribution >= 4 is 0 Å². The summed E-state index contributed by atoms with van der Waals surface area (Å²) >= 11 is 0. The average Bonchev–Trinajstić information content (AvgIpc) is 3.83. The molecule has 0 unspecified atom stereocenters. The van der Waals surface area contributed by atoms with Crippen LogP contribution in [0.4, 0.5) is 17.6 Å². The van der Waals surface area contributed by atoms with Crippen molar-refractivity contribution in [1.29, 1.82) is 0 Å². The Balaban J connectivity index is 1.30. The summed E-state index contributed by atoms with van der Waals surface area (Å²) in [7, 11) is 0. The Morgan fingerprint density at radius 3 is 0.638 bits per heavy atom. The first kappa shape index (κ1) is 45.6. The van der Waals surface area contributed by atoms with Crippen LogP contribution in [0.5, 0.6) is 69.0 Å². The van der Waals surface area contributed by atoms with E-state index in [0.29, 0.717) is 0 Å². The van der Waals surface area contributed by atoms with Gasteiger partial charge in [-0.1, -0.05) is 106 Å². The smallest absolute Gasteiger partial charge is 0.255 e. The molecule has 0 aliphatic carbocycles. The van der Waals surface area contributed by atoms with E-state index in [1.807, 2.05) is 41.5 Å². The van der Waals surface area contributed by atoms with Gasteiger partial charge in [-0.05, 0) is 114 Å². The van der Waals surface area contributed by atoms with E-state index in [2.05, 4.69) is 10.2 Å². The van der Waals surface area contributed by atoms with Crippen LogP contribution in [-0.4, -0.2) is 10.2 Å². The highest BCUT2D eigenvalue weighted by Gasteiger charge is 2.37. The summed E-state index contributed by atoms with van der Waals surface area (Å²) in [5.41, 5.74) is 4.23. The number of hydrogen-bond donors (Lipinski definition) is 0. The number of nitrogens with zero attached hydrogens (tertiary/aromatic N) is 2. The van der Waals surface area contributed by atoms with Gasteiger partial charge in [-0.3, -0.25) is 0 Å². The average molecular weight is 931 g/mol. The predicted molar refractivity (Wildman–Crippen MR) is 253 cm³/mol.